The number of rotatable bonds is 8. The molecule has 0 bridgehead atoms. The average Bonchev–Trinajstić information content (AvgIpc) is 3.02. The van der Waals surface area contributed by atoms with E-state index in [-0.39, 0.29) is 0 Å². The van der Waals surface area contributed by atoms with Crippen LogP contribution in [0.3, 0.4) is 0 Å². The first-order valence-electron chi connectivity index (χ1n) is 14.0. The number of hydrogen-bond acceptors (Lipinski definition) is 0. The van der Waals surface area contributed by atoms with Crippen molar-refractivity contribution < 1.29 is 0 Å². The molecule has 7 rings (SSSR count). The fourth-order valence-electron chi connectivity index (χ4n) is 6.56. The van der Waals surface area contributed by atoms with Gasteiger partial charge in [-0.1, -0.05) is 109 Å². The Kier molecular flexibility index (Phi) is 6.35. The van der Waals surface area contributed by atoms with Crippen molar-refractivity contribution in [1.82, 2.24) is 0 Å². The third kappa shape index (κ3) is 4.21. The highest BCUT2D eigenvalue weighted by Crippen LogP contribution is 2.56. The molecule has 39 heavy (non-hydrogen) atoms. The van der Waals surface area contributed by atoms with Crippen LogP contribution in [-0.2, 0) is 6.42 Å². The van der Waals surface area contributed by atoms with Gasteiger partial charge in [0.1, 0.15) is 23.2 Å². The lowest BCUT2D eigenvalue weighted by Crippen LogP contribution is -2.33. The number of aryl methyl sites for hydroxylation is 1. The van der Waals surface area contributed by atoms with Crippen molar-refractivity contribution in [2.45, 2.75) is 19.3 Å². The Hall–Kier alpha value is -3.99. The number of benzene rings is 7. The van der Waals surface area contributed by atoms with Crippen LogP contribution < -0.4 is 15.9 Å². The van der Waals surface area contributed by atoms with Crippen molar-refractivity contribution in [3.8, 4) is 0 Å². The van der Waals surface area contributed by atoms with Gasteiger partial charge < -0.3 is 0 Å². The van der Waals surface area contributed by atoms with Gasteiger partial charge in [-0.3, -0.25) is 0 Å². The Morgan fingerprint density at radius 3 is 1.44 bits per heavy atom. The van der Waals surface area contributed by atoms with Gasteiger partial charge in [-0.05, 0) is 93.5 Å². The van der Waals surface area contributed by atoms with Gasteiger partial charge in [-0.15, -0.1) is 0 Å². The molecule has 0 saturated carbocycles. The van der Waals surface area contributed by atoms with Crippen LogP contribution in [0.25, 0.3) is 32.3 Å². The summed E-state index contributed by atoms with van der Waals surface area (Å²) in [6.07, 6.45) is 4.65. The maximum absolute atomic E-state index is 2.37. The number of unbranched alkanes of at least 4 members (excludes halogenated alkanes) is 1. The zero-order valence-corrected chi connectivity index (χ0v) is 23.0. The Bertz CT molecular complexity index is 1730. The Balaban J connectivity index is 1.23. The minimum Gasteiger partial charge on any atom is -0.0620 e. The van der Waals surface area contributed by atoms with Gasteiger partial charge in [0.2, 0.25) is 0 Å². The SMILES string of the molecule is c1ccc([P+](CCCCc2ccc3ccc4cccc5ccc2c3c45)(c2ccccc2)c2ccccc2)cc1. The lowest BCUT2D eigenvalue weighted by atomic mass is 9.91. The first-order valence-corrected chi connectivity index (χ1v) is 16.0. The average molecular weight is 520 g/mol. The molecule has 0 unspecified atom stereocenters. The van der Waals surface area contributed by atoms with Crippen LogP contribution in [0.15, 0.2) is 146 Å². The molecule has 0 aromatic heterocycles. The topological polar surface area (TPSA) is 0 Å². The van der Waals surface area contributed by atoms with Gasteiger partial charge in [-0.2, -0.15) is 0 Å². The van der Waals surface area contributed by atoms with Crippen molar-refractivity contribution in [2.75, 3.05) is 6.16 Å². The summed E-state index contributed by atoms with van der Waals surface area (Å²) in [6.45, 7) is 0. The molecule has 0 nitrogen and oxygen atoms in total. The summed E-state index contributed by atoms with van der Waals surface area (Å²) in [6, 6.07) is 54.4. The van der Waals surface area contributed by atoms with Gasteiger partial charge in [0, 0.05) is 0 Å². The van der Waals surface area contributed by atoms with E-state index in [1.807, 2.05) is 0 Å². The second kappa shape index (κ2) is 10.3. The smallest absolute Gasteiger partial charge is 0.0620 e. The first-order chi connectivity index (χ1) is 19.3. The minimum absolute atomic E-state index is 1.10. The van der Waals surface area contributed by atoms with Crippen molar-refractivity contribution in [2.24, 2.45) is 0 Å². The molecule has 0 aliphatic carbocycles. The molecule has 0 fully saturated rings. The zero-order chi connectivity index (χ0) is 26.1. The summed E-state index contributed by atoms with van der Waals surface area (Å²) in [5, 5.41) is 12.7. The molecule has 7 aromatic rings. The van der Waals surface area contributed by atoms with Crippen LogP contribution in [0, 0.1) is 0 Å². The van der Waals surface area contributed by atoms with E-state index in [1.54, 1.807) is 0 Å². The summed E-state index contributed by atoms with van der Waals surface area (Å²) in [7, 11) is -1.77. The molecule has 0 saturated heterocycles. The lowest BCUT2D eigenvalue weighted by molar-refractivity contribution is 0.804. The first kappa shape index (κ1) is 24.1. The van der Waals surface area contributed by atoms with Crippen LogP contribution in [0.2, 0.25) is 0 Å². The fraction of sp³-hybridized carbons (Fsp3) is 0.105. The van der Waals surface area contributed by atoms with Crippen molar-refractivity contribution in [1.29, 1.82) is 0 Å². The highest BCUT2D eigenvalue weighted by Gasteiger charge is 2.44. The maximum atomic E-state index is 2.37. The van der Waals surface area contributed by atoms with E-state index in [0.29, 0.717) is 0 Å². The molecule has 0 atom stereocenters. The van der Waals surface area contributed by atoms with Gasteiger partial charge in [-0.25, -0.2) is 0 Å². The molecule has 0 aliphatic rings. The molecule has 0 spiro atoms. The van der Waals surface area contributed by atoms with Gasteiger partial charge in [0.15, 0.2) is 0 Å². The van der Waals surface area contributed by atoms with E-state index in [1.165, 1.54) is 72.8 Å². The van der Waals surface area contributed by atoms with Gasteiger partial charge in [0.25, 0.3) is 0 Å². The number of hydrogen-bond donors (Lipinski definition) is 0. The van der Waals surface area contributed by atoms with Crippen molar-refractivity contribution >= 4 is 55.5 Å². The normalized spacial score (nSPS) is 12.0. The predicted octanol–water partition coefficient (Wildman–Crippen LogP) is 8.90. The molecule has 0 radical (unpaired) electrons. The summed E-state index contributed by atoms with van der Waals surface area (Å²) >= 11 is 0. The predicted molar refractivity (Wildman–Crippen MR) is 173 cm³/mol. The molecular formula is C38H32P+. The van der Waals surface area contributed by atoms with Crippen LogP contribution in [0.5, 0.6) is 0 Å². The molecule has 0 N–H and O–H groups in total. The summed E-state index contributed by atoms with van der Waals surface area (Å²) in [5.41, 5.74) is 1.48. The minimum atomic E-state index is -1.77. The molecular weight excluding hydrogens is 487 g/mol. The van der Waals surface area contributed by atoms with Gasteiger partial charge in [0.05, 0.1) is 6.16 Å². The third-order valence-corrected chi connectivity index (χ3v) is 12.9. The van der Waals surface area contributed by atoms with Crippen molar-refractivity contribution in [3.05, 3.63) is 151 Å². The lowest BCUT2D eigenvalue weighted by Gasteiger charge is -2.27. The molecule has 7 aromatic carbocycles. The van der Waals surface area contributed by atoms with E-state index >= 15 is 0 Å². The molecule has 188 valence electrons. The van der Waals surface area contributed by atoms with Crippen LogP contribution >= 0.6 is 7.26 Å². The Morgan fingerprint density at radius 2 is 0.872 bits per heavy atom. The van der Waals surface area contributed by atoms with Crippen molar-refractivity contribution in [3.63, 3.8) is 0 Å². The van der Waals surface area contributed by atoms with Crippen LogP contribution in [-0.4, -0.2) is 6.16 Å². The summed E-state index contributed by atoms with van der Waals surface area (Å²) in [5.74, 6) is 0. The Morgan fingerprint density at radius 1 is 0.385 bits per heavy atom. The molecule has 1 heteroatoms. The van der Waals surface area contributed by atoms with E-state index in [0.717, 1.165) is 6.42 Å². The van der Waals surface area contributed by atoms with E-state index < -0.39 is 7.26 Å². The Labute approximate surface area is 231 Å². The van der Waals surface area contributed by atoms with E-state index in [2.05, 4.69) is 146 Å². The largest absolute Gasteiger partial charge is 0.112 e. The fourth-order valence-corrected chi connectivity index (χ4v) is 11.0. The highest BCUT2D eigenvalue weighted by atomic mass is 31.2. The van der Waals surface area contributed by atoms with Crippen LogP contribution in [0.1, 0.15) is 18.4 Å². The second-order valence-corrected chi connectivity index (χ2v) is 14.2. The quantitative estimate of drug-likeness (QED) is 0.107. The summed E-state index contributed by atoms with van der Waals surface area (Å²) in [4.78, 5) is 0. The molecule has 0 amide bonds. The monoisotopic (exact) mass is 519 g/mol. The standard InChI is InChI=1S/C38H32P/c1-4-16-33(17-5-1)39(34-18-6-2-7-19-34,35-20-8-3-9-21-35)28-11-10-13-29-22-23-32-25-24-30-14-12-15-31-26-27-36(29)38(32)37(30)31/h1-9,12,14-27H,10-11,13,28H2/q+1. The van der Waals surface area contributed by atoms with E-state index in [9.17, 15) is 0 Å². The third-order valence-electron chi connectivity index (χ3n) is 8.40. The molecule has 0 heterocycles. The zero-order valence-electron chi connectivity index (χ0n) is 22.1. The second-order valence-electron chi connectivity index (χ2n) is 10.6. The van der Waals surface area contributed by atoms with Crippen LogP contribution in [0.4, 0.5) is 0 Å². The highest BCUT2D eigenvalue weighted by molar-refractivity contribution is 7.95. The summed E-state index contributed by atoms with van der Waals surface area (Å²) < 4.78 is 0. The molecule has 0 aliphatic heterocycles. The van der Waals surface area contributed by atoms with Gasteiger partial charge >= 0.3 is 0 Å². The maximum Gasteiger partial charge on any atom is 0.112 e. The van der Waals surface area contributed by atoms with E-state index in [4.69, 9.17) is 0 Å².